The van der Waals surface area contributed by atoms with Crippen LogP contribution in [0.4, 0.5) is 0 Å². The Labute approximate surface area is 341 Å². The van der Waals surface area contributed by atoms with Crippen molar-refractivity contribution in [1.82, 2.24) is 0 Å². The molecule has 0 amide bonds. The van der Waals surface area contributed by atoms with Gasteiger partial charge >= 0.3 is 0 Å². The molecule has 2 heteroatoms. The summed E-state index contributed by atoms with van der Waals surface area (Å²) in [4.78, 5) is 0. The predicted molar refractivity (Wildman–Crippen MR) is 243 cm³/mol. The highest BCUT2D eigenvalue weighted by atomic mass is 15.2. The zero-order valence-electron chi connectivity index (χ0n) is 36.6. The lowest BCUT2D eigenvalue weighted by atomic mass is 9.94. The Balaban J connectivity index is 1.49. The van der Waals surface area contributed by atoms with Gasteiger partial charge in [-0.2, -0.15) is 0 Å². The average Bonchev–Trinajstić information content (AvgIpc) is 3.48. The fraction of sp³-hybridized carbons (Fsp3) is 0.660. The minimum absolute atomic E-state index is 0.950. The van der Waals surface area contributed by atoms with E-state index in [1.54, 1.807) is 0 Å². The minimum Gasteiger partial charge on any atom is -0.493 e. The van der Waals surface area contributed by atoms with Crippen molar-refractivity contribution >= 4 is 11.4 Å². The van der Waals surface area contributed by atoms with Crippen LogP contribution in [0.2, 0.25) is 0 Å². The van der Waals surface area contributed by atoms with E-state index in [4.69, 9.17) is 0 Å². The average molecular weight is 749 g/mol. The molecule has 55 heavy (non-hydrogen) atoms. The molecule has 0 bridgehead atoms. The maximum atomic E-state index is 12.1. The lowest BCUT2D eigenvalue weighted by Crippen LogP contribution is -2.03. The number of unbranched alkanes of at least 4 members (excludes halogenated alkanes) is 24. The molecular weight excluding hydrogens is 665 g/mol. The Bertz CT molecular complexity index is 1390. The van der Waals surface area contributed by atoms with Gasteiger partial charge in [0.05, 0.1) is 5.57 Å². The summed E-state index contributed by atoms with van der Waals surface area (Å²) in [6, 6.07) is 18.0. The van der Waals surface area contributed by atoms with Crippen molar-refractivity contribution in [1.29, 1.82) is 0 Å². The summed E-state index contributed by atoms with van der Waals surface area (Å²) in [6.07, 6.45) is 45.8. The SMILES string of the molecule is CCCCCCCCCCCCCCCCCCCCCCC=CC1=C(c2cccc(CCCC)c2)[N+](=[N-])C(c2ccc(CCCCC)cc2)=C1CCCC. The molecule has 1 aliphatic heterocycles. The van der Waals surface area contributed by atoms with Gasteiger partial charge in [-0.25, -0.2) is 4.70 Å². The Kier molecular flexibility index (Phi) is 25.8. The summed E-state index contributed by atoms with van der Waals surface area (Å²) in [5, 5.41) is 0. The summed E-state index contributed by atoms with van der Waals surface area (Å²) in [6.45, 7) is 9.10. The molecule has 0 aliphatic carbocycles. The van der Waals surface area contributed by atoms with E-state index in [0.29, 0.717) is 0 Å². The van der Waals surface area contributed by atoms with Gasteiger partial charge in [-0.1, -0.05) is 212 Å². The second kappa shape index (κ2) is 30.4. The van der Waals surface area contributed by atoms with E-state index in [1.165, 1.54) is 187 Å². The van der Waals surface area contributed by atoms with Gasteiger partial charge in [0.1, 0.15) is 0 Å². The Morgan fingerprint density at radius 3 is 1.45 bits per heavy atom. The lowest BCUT2D eigenvalue weighted by Gasteiger charge is -2.11. The first-order chi connectivity index (χ1) is 27.1. The van der Waals surface area contributed by atoms with Gasteiger partial charge in [0, 0.05) is 16.7 Å². The van der Waals surface area contributed by atoms with Crippen molar-refractivity contribution < 1.29 is 4.70 Å². The van der Waals surface area contributed by atoms with E-state index in [-0.39, 0.29) is 0 Å². The molecule has 0 atom stereocenters. The highest BCUT2D eigenvalue weighted by Crippen LogP contribution is 2.43. The zero-order valence-corrected chi connectivity index (χ0v) is 36.6. The van der Waals surface area contributed by atoms with Crippen LogP contribution in [-0.4, -0.2) is 4.70 Å². The van der Waals surface area contributed by atoms with Crippen molar-refractivity contribution in [2.75, 3.05) is 0 Å². The molecule has 0 unspecified atom stereocenters. The Morgan fingerprint density at radius 2 is 0.909 bits per heavy atom. The third-order valence-corrected chi connectivity index (χ3v) is 11.9. The number of hydrogen-bond acceptors (Lipinski definition) is 0. The molecular formula is C53H84N2. The standard InChI is InChI=1S/C53H84N2/c1-5-9-13-14-15-16-17-18-19-20-21-22-23-24-25-26-27-28-29-30-31-33-40-51-50(39-12-8-4)52(48-43-41-46(42-44-48)36-32-10-6-2)55(54)53(51)49-38-34-37-47(45-49)35-11-7-3/h33-34,37-38,40-45H,5-32,35-36,39H2,1-4H3. The molecule has 1 heterocycles. The first kappa shape index (κ1) is 46.6. The molecule has 306 valence electrons. The van der Waals surface area contributed by atoms with E-state index in [2.05, 4.69) is 88.4 Å². The Morgan fingerprint density at radius 1 is 0.436 bits per heavy atom. The van der Waals surface area contributed by atoms with Crippen LogP contribution in [0.3, 0.4) is 0 Å². The van der Waals surface area contributed by atoms with E-state index >= 15 is 0 Å². The van der Waals surface area contributed by atoms with E-state index in [0.717, 1.165) is 61.0 Å². The number of aryl methyl sites for hydroxylation is 2. The van der Waals surface area contributed by atoms with E-state index < -0.39 is 0 Å². The van der Waals surface area contributed by atoms with Crippen LogP contribution in [0, 0.1) is 0 Å². The number of allylic oxidation sites excluding steroid dienone is 4. The molecule has 3 rings (SSSR count). The monoisotopic (exact) mass is 749 g/mol. The van der Waals surface area contributed by atoms with E-state index in [1.807, 2.05) is 0 Å². The number of benzene rings is 2. The van der Waals surface area contributed by atoms with Gasteiger partial charge in [-0.3, -0.25) is 0 Å². The first-order valence-corrected chi connectivity index (χ1v) is 24.0. The predicted octanol–water partition coefficient (Wildman–Crippen LogP) is 17.9. The molecule has 0 spiro atoms. The van der Waals surface area contributed by atoms with Crippen LogP contribution in [0.25, 0.3) is 16.9 Å². The van der Waals surface area contributed by atoms with Crippen LogP contribution in [0.15, 0.2) is 71.8 Å². The van der Waals surface area contributed by atoms with Gasteiger partial charge < -0.3 is 5.53 Å². The van der Waals surface area contributed by atoms with Gasteiger partial charge in [-0.05, 0) is 86.8 Å². The maximum Gasteiger partial charge on any atom is 0.215 e. The molecule has 2 aromatic carbocycles. The largest absolute Gasteiger partial charge is 0.493 e. The summed E-state index contributed by atoms with van der Waals surface area (Å²) in [5.41, 5.74) is 21.5. The summed E-state index contributed by atoms with van der Waals surface area (Å²) in [7, 11) is 0. The first-order valence-electron chi connectivity index (χ1n) is 24.0. The molecule has 2 nitrogen and oxygen atoms in total. The van der Waals surface area contributed by atoms with Crippen molar-refractivity contribution in [2.24, 2.45) is 0 Å². The van der Waals surface area contributed by atoms with Gasteiger partial charge in [-0.15, -0.1) is 0 Å². The van der Waals surface area contributed by atoms with Crippen LogP contribution in [0.1, 0.15) is 236 Å². The molecule has 2 aromatic rings. The third kappa shape index (κ3) is 18.4. The van der Waals surface area contributed by atoms with Gasteiger partial charge in [0.2, 0.25) is 11.4 Å². The van der Waals surface area contributed by atoms with Gasteiger partial charge in [0.25, 0.3) is 0 Å². The lowest BCUT2D eigenvalue weighted by molar-refractivity contribution is -0.345. The van der Waals surface area contributed by atoms with Crippen LogP contribution < -0.4 is 0 Å². The summed E-state index contributed by atoms with van der Waals surface area (Å²) >= 11 is 0. The Hall–Kier alpha value is -2.74. The molecule has 1 aliphatic rings. The molecule has 0 radical (unpaired) electrons. The fourth-order valence-corrected chi connectivity index (χ4v) is 8.37. The molecule has 0 fully saturated rings. The van der Waals surface area contributed by atoms with Crippen molar-refractivity contribution in [3.05, 3.63) is 99.6 Å². The molecule has 0 saturated carbocycles. The van der Waals surface area contributed by atoms with Crippen LogP contribution in [-0.2, 0) is 12.8 Å². The number of nitrogens with zero attached hydrogens (tertiary/aromatic N) is 2. The second-order valence-electron chi connectivity index (χ2n) is 16.9. The molecule has 0 N–H and O–H groups in total. The molecule has 0 aromatic heterocycles. The topological polar surface area (TPSA) is 25.3 Å². The zero-order chi connectivity index (χ0) is 39.2. The maximum absolute atomic E-state index is 12.1. The number of hydrogen-bond donors (Lipinski definition) is 0. The fourth-order valence-electron chi connectivity index (χ4n) is 8.37. The van der Waals surface area contributed by atoms with Crippen molar-refractivity contribution in [3.63, 3.8) is 0 Å². The molecule has 0 saturated heterocycles. The third-order valence-electron chi connectivity index (χ3n) is 11.9. The minimum atomic E-state index is 0.950. The van der Waals surface area contributed by atoms with Crippen molar-refractivity contribution in [2.45, 2.75) is 227 Å². The summed E-state index contributed by atoms with van der Waals surface area (Å²) in [5.74, 6) is 0. The highest BCUT2D eigenvalue weighted by Gasteiger charge is 2.34. The number of rotatable bonds is 34. The summed E-state index contributed by atoms with van der Waals surface area (Å²) < 4.78 is 1.54. The van der Waals surface area contributed by atoms with Crippen LogP contribution in [0.5, 0.6) is 0 Å². The smallest absolute Gasteiger partial charge is 0.215 e. The van der Waals surface area contributed by atoms with E-state index in [9.17, 15) is 5.53 Å². The second-order valence-corrected chi connectivity index (χ2v) is 16.9. The van der Waals surface area contributed by atoms with Crippen molar-refractivity contribution in [3.8, 4) is 0 Å². The normalized spacial score (nSPS) is 13.3. The highest BCUT2D eigenvalue weighted by molar-refractivity contribution is 5.84. The van der Waals surface area contributed by atoms with Crippen LogP contribution >= 0.6 is 0 Å². The van der Waals surface area contributed by atoms with Gasteiger partial charge in [0.15, 0.2) is 0 Å². The quantitative estimate of drug-likeness (QED) is 0.0503.